The lowest BCUT2D eigenvalue weighted by Crippen LogP contribution is -2.51. The van der Waals surface area contributed by atoms with E-state index in [0.717, 1.165) is 31.6 Å². The molecule has 1 unspecified atom stereocenters. The summed E-state index contributed by atoms with van der Waals surface area (Å²) < 4.78 is 50.2. The summed E-state index contributed by atoms with van der Waals surface area (Å²) in [5.74, 6) is 0.772. The largest absolute Gasteiger partial charge is 0.416 e. The highest BCUT2D eigenvalue weighted by molar-refractivity contribution is 14.0. The molecule has 0 radical (unpaired) electrons. The number of ether oxygens (including phenoxy) is 2. The number of hydrogen-bond donors (Lipinski definition) is 1. The summed E-state index contributed by atoms with van der Waals surface area (Å²) in [6, 6.07) is 5.39. The van der Waals surface area contributed by atoms with Crippen molar-refractivity contribution in [3.8, 4) is 0 Å². The molecule has 0 spiro atoms. The molecule has 1 aliphatic carbocycles. The van der Waals surface area contributed by atoms with Crippen molar-refractivity contribution in [2.24, 2.45) is 10.4 Å². The maximum absolute atomic E-state index is 13.0. The first kappa shape index (κ1) is 25.2. The maximum Gasteiger partial charge on any atom is 0.416 e. The van der Waals surface area contributed by atoms with Crippen molar-refractivity contribution in [3.63, 3.8) is 0 Å². The average Bonchev–Trinajstić information content (AvgIpc) is 2.69. The first-order valence-corrected chi connectivity index (χ1v) is 10.1. The van der Waals surface area contributed by atoms with Gasteiger partial charge < -0.3 is 19.7 Å². The van der Waals surface area contributed by atoms with Crippen LogP contribution in [0.4, 0.5) is 13.2 Å². The fourth-order valence-electron chi connectivity index (χ4n) is 4.07. The van der Waals surface area contributed by atoms with Crippen LogP contribution in [-0.4, -0.2) is 57.9 Å². The van der Waals surface area contributed by atoms with Gasteiger partial charge in [0, 0.05) is 33.9 Å². The van der Waals surface area contributed by atoms with E-state index in [4.69, 9.17) is 9.47 Å². The van der Waals surface area contributed by atoms with Crippen molar-refractivity contribution in [2.45, 2.75) is 38.0 Å². The second kappa shape index (κ2) is 11.0. The van der Waals surface area contributed by atoms with Gasteiger partial charge in [0.2, 0.25) is 0 Å². The van der Waals surface area contributed by atoms with E-state index in [9.17, 15) is 13.2 Å². The molecule has 5 nitrogen and oxygen atoms in total. The van der Waals surface area contributed by atoms with Gasteiger partial charge in [-0.05, 0) is 42.4 Å². The summed E-state index contributed by atoms with van der Waals surface area (Å²) in [6.07, 6.45) is -0.174. The van der Waals surface area contributed by atoms with Crippen molar-refractivity contribution < 1.29 is 22.6 Å². The Bertz CT molecular complexity index is 711. The van der Waals surface area contributed by atoms with Crippen LogP contribution in [0.3, 0.4) is 0 Å². The van der Waals surface area contributed by atoms with Gasteiger partial charge in [0.15, 0.2) is 5.96 Å². The number of methoxy groups -OCH3 is 1. The van der Waals surface area contributed by atoms with E-state index in [1.54, 1.807) is 20.2 Å². The van der Waals surface area contributed by atoms with E-state index in [2.05, 4.69) is 15.2 Å². The van der Waals surface area contributed by atoms with Gasteiger partial charge in [-0.15, -0.1) is 24.0 Å². The van der Waals surface area contributed by atoms with Crippen LogP contribution in [0.1, 0.15) is 42.9 Å². The van der Waals surface area contributed by atoms with E-state index < -0.39 is 17.8 Å². The van der Waals surface area contributed by atoms with Crippen molar-refractivity contribution in [2.75, 3.05) is 47.0 Å². The third kappa shape index (κ3) is 6.23. The SMILES string of the molecule is CN=C(NCC1(CCOC)CCC1)N1CCOC(c2cccc(C(F)(F)F)c2)C1.I. The molecule has 1 saturated carbocycles. The highest BCUT2D eigenvalue weighted by atomic mass is 127. The van der Waals surface area contributed by atoms with E-state index in [1.807, 2.05) is 0 Å². The molecule has 2 aliphatic rings. The summed E-state index contributed by atoms with van der Waals surface area (Å²) in [4.78, 5) is 6.47. The maximum atomic E-state index is 13.0. The number of aliphatic imine (C=N–C) groups is 1. The topological polar surface area (TPSA) is 46.1 Å². The van der Waals surface area contributed by atoms with Crippen LogP contribution in [-0.2, 0) is 15.7 Å². The molecular weight excluding hydrogens is 510 g/mol. The fourth-order valence-corrected chi connectivity index (χ4v) is 4.07. The number of guanidine groups is 1. The third-order valence-corrected chi connectivity index (χ3v) is 6.04. The lowest BCUT2D eigenvalue weighted by molar-refractivity contribution is -0.137. The molecule has 3 rings (SSSR count). The molecule has 9 heteroatoms. The lowest BCUT2D eigenvalue weighted by Gasteiger charge is -2.43. The van der Waals surface area contributed by atoms with Crippen LogP contribution in [0.15, 0.2) is 29.3 Å². The second-order valence-corrected chi connectivity index (χ2v) is 7.93. The first-order valence-electron chi connectivity index (χ1n) is 10.1. The average molecular weight is 541 g/mol. The molecule has 0 aromatic heterocycles. The van der Waals surface area contributed by atoms with Crippen LogP contribution in [0.5, 0.6) is 0 Å². The number of rotatable bonds is 6. The normalized spacial score (nSPS) is 21.6. The summed E-state index contributed by atoms with van der Waals surface area (Å²) in [6.45, 7) is 3.13. The summed E-state index contributed by atoms with van der Waals surface area (Å²) in [5, 5.41) is 3.48. The second-order valence-electron chi connectivity index (χ2n) is 7.93. The zero-order chi connectivity index (χ0) is 20.9. The van der Waals surface area contributed by atoms with Gasteiger partial charge in [-0.25, -0.2) is 0 Å². The van der Waals surface area contributed by atoms with Crippen molar-refractivity contribution in [1.82, 2.24) is 10.2 Å². The van der Waals surface area contributed by atoms with Crippen LogP contribution < -0.4 is 5.32 Å². The molecule has 2 fully saturated rings. The molecule has 1 N–H and O–H groups in total. The zero-order valence-electron chi connectivity index (χ0n) is 17.5. The van der Waals surface area contributed by atoms with Gasteiger partial charge in [-0.3, -0.25) is 4.99 Å². The Morgan fingerprint density at radius 1 is 1.37 bits per heavy atom. The minimum atomic E-state index is -4.36. The quantitative estimate of drug-likeness (QED) is 0.328. The minimum absolute atomic E-state index is 0. The summed E-state index contributed by atoms with van der Waals surface area (Å²) in [5.41, 5.74) is 0.136. The van der Waals surface area contributed by atoms with E-state index in [-0.39, 0.29) is 29.4 Å². The molecule has 1 aromatic rings. The number of halogens is 4. The first-order chi connectivity index (χ1) is 13.9. The minimum Gasteiger partial charge on any atom is -0.385 e. The fraction of sp³-hybridized carbons (Fsp3) is 0.667. The zero-order valence-corrected chi connectivity index (χ0v) is 19.8. The summed E-state index contributed by atoms with van der Waals surface area (Å²) >= 11 is 0. The molecule has 30 heavy (non-hydrogen) atoms. The summed E-state index contributed by atoms with van der Waals surface area (Å²) in [7, 11) is 3.46. The Morgan fingerprint density at radius 2 is 2.13 bits per heavy atom. The van der Waals surface area contributed by atoms with Crippen LogP contribution >= 0.6 is 24.0 Å². The highest BCUT2D eigenvalue weighted by Crippen LogP contribution is 2.43. The Hall–Kier alpha value is -1.07. The lowest BCUT2D eigenvalue weighted by atomic mass is 9.67. The third-order valence-electron chi connectivity index (χ3n) is 6.04. The number of nitrogens with one attached hydrogen (secondary N) is 1. The predicted octanol–water partition coefficient (Wildman–Crippen LogP) is 4.48. The van der Waals surface area contributed by atoms with Crippen LogP contribution in [0.25, 0.3) is 0 Å². The molecular formula is C21H31F3IN3O2. The number of hydrogen-bond acceptors (Lipinski definition) is 3. The molecule has 1 atom stereocenters. The van der Waals surface area contributed by atoms with Gasteiger partial charge in [0.25, 0.3) is 0 Å². The van der Waals surface area contributed by atoms with Crippen LogP contribution in [0, 0.1) is 5.41 Å². The molecule has 1 aromatic carbocycles. The molecule has 170 valence electrons. The van der Waals surface area contributed by atoms with E-state index in [0.29, 0.717) is 25.3 Å². The Labute approximate surface area is 193 Å². The number of nitrogens with zero attached hydrogens (tertiary/aromatic N) is 2. The predicted molar refractivity (Wildman–Crippen MR) is 121 cm³/mol. The van der Waals surface area contributed by atoms with Crippen molar-refractivity contribution in [1.29, 1.82) is 0 Å². The Morgan fingerprint density at radius 3 is 2.73 bits per heavy atom. The molecule has 1 saturated heterocycles. The van der Waals surface area contributed by atoms with Crippen LogP contribution in [0.2, 0.25) is 0 Å². The standard InChI is InChI=1S/C21H30F3N3O2.HI/c1-25-19(26-15-20(7-4-8-20)9-11-28-2)27-10-12-29-18(14-27)16-5-3-6-17(13-16)21(22,23)24;/h3,5-6,13,18H,4,7-12,14-15H2,1-2H3,(H,25,26);1H. The molecule has 1 heterocycles. The number of morpholine rings is 1. The van der Waals surface area contributed by atoms with Gasteiger partial charge in [0.05, 0.1) is 18.7 Å². The van der Waals surface area contributed by atoms with Gasteiger partial charge in [-0.1, -0.05) is 18.6 Å². The number of alkyl halides is 3. The van der Waals surface area contributed by atoms with E-state index >= 15 is 0 Å². The van der Waals surface area contributed by atoms with Crippen molar-refractivity contribution in [3.05, 3.63) is 35.4 Å². The highest BCUT2D eigenvalue weighted by Gasteiger charge is 2.37. The monoisotopic (exact) mass is 541 g/mol. The van der Waals surface area contributed by atoms with Gasteiger partial charge in [-0.2, -0.15) is 13.2 Å². The van der Waals surface area contributed by atoms with E-state index in [1.165, 1.54) is 31.4 Å². The Kier molecular flexibility index (Phi) is 9.23. The molecule has 0 bridgehead atoms. The molecule has 1 aliphatic heterocycles. The smallest absolute Gasteiger partial charge is 0.385 e. The molecule has 0 amide bonds. The number of benzene rings is 1. The van der Waals surface area contributed by atoms with Crippen molar-refractivity contribution >= 4 is 29.9 Å². The Balaban J connectivity index is 0.00000320. The van der Waals surface area contributed by atoms with Gasteiger partial charge >= 0.3 is 6.18 Å². The van der Waals surface area contributed by atoms with Gasteiger partial charge in [0.1, 0.15) is 6.10 Å².